The zero-order valence-electron chi connectivity index (χ0n) is 11.2. The Morgan fingerprint density at radius 3 is 2.81 bits per heavy atom. The average molecular weight is 228 g/mol. The van der Waals surface area contributed by atoms with Crippen LogP contribution in [0.1, 0.15) is 33.6 Å². The van der Waals surface area contributed by atoms with Crippen molar-refractivity contribution in [3.8, 4) is 0 Å². The van der Waals surface area contributed by atoms with Gasteiger partial charge in [-0.2, -0.15) is 0 Å². The number of nitrogens with zero attached hydrogens (tertiary/aromatic N) is 1. The molecule has 0 amide bonds. The van der Waals surface area contributed by atoms with E-state index in [0.717, 1.165) is 25.7 Å². The van der Waals surface area contributed by atoms with Gasteiger partial charge in [-0.05, 0) is 52.2 Å². The number of nitrogens with one attached hydrogen (secondary N) is 1. The fraction of sp³-hybridized carbons (Fsp3) is 1.00. The number of hydrogen-bond acceptors (Lipinski definition) is 3. The maximum absolute atomic E-state index is 5.51. The predicted molar refractivity (Wildman–Crippen MR) is 68.8 cm³/mol. The Bertz CT molecular complexity index is 169. The van der Waals surface area contributed by atoms with E-state index in [2.05, 4.69) is 31.0 Å². The molecule has 1 aliphatic rings. The third kappa shape index (κ3) is 4.81. The minimum atomic E-state index is 0.548. The molecular formula is C13H28N2O. The molecule has 1 rings (SSSR count). The maximum Gasteiger partial charge on any atom is 0.0618 e. The van der Waals surface area contributed by atoms with E-state index >= 15 is 0 Å². The molecule has 1 heterocycles. The van der Waals surface area contributed by atoms with Gasteiger partial charge in [-0.1, -0.05) is 6.92 Å². The van der Waals surface area contributed by atoms with Gasteiger partial charge in [0.2, 0.25) is 0 Å². The monoisotopic (exact) mass is 228 g/mol. The highest BCUT2D eigenvalue weighted by molar-refractivity contribution is 4.75. The molecular weight excluding hydrogens is 200 g/mol. The standard InChI is InChI=1S/C13H28N2O/c1-4-15(12(3)11-16-5-2)10-13-7-6-8-14-9-13/h12-14H,4-11H2,1-3H3. The lowest BCUT2D eigenvalue weighted by molar-refractivity contribution is 0.0655. The van der Waals surface area contributed by atoms with Crippen molar-refractivity contribution in [3.63, 3.8) is 0 Å². The Morgan fingerprint density at radius 2 is 2.25 bits per heavy atom. The van der Waals surface area contributed by atoms with Gasteiger partial charge in [-0.3, -0.25) is 4.90 Å². The number of rotatable bonds is 7. The second-order valence-electron chi connectivity index (χ2n) is 4.81. The van der Waals surface area contributed by atoms with Crippen LogP contribution in [0.15, 0.2) is 0 Å². The van der Waals surface area contributed by atoms with Crippen LogP contribution in [0.5, 0.6) is 0 Å². The van der Waals surface area contributed by atoms with Crippen molar-refractivity contribution in [3.05, 3.63) is 0 Å². The normalized spacial score (nSPS) is 23.6. The van der Waals surface area contributed by atoms with Gasteiger partial charge in [0.25, 0.3) is 0 Å². The number of piperidine rings is 1. The van der Waals surface area contributed by atoms with Gasteiger partial charge in [0.15, 0.2) is 0 Å². The number of hydrogen-bond donors (Lipinski definition) is 1. The molecule has 0 aromatic heterocycles. The lowest BCUT2D eigenvalue weighted by atomic mass is 9.98. The molecule has 0 aliphatic carbocycles. The molecule has 0 saturated carbocycles. The summed E-state index contributed by atoms with van der Waals surface area (Å²) in [7, 11) is 0. The van der Waals surface area contributed by atoms with E-state index in [0.29, 0.717) is 6.04 Å². The zero-order valence-corrected chi connectivity index (χ0v) is 11.2. The lowest BCUT2D eigenvalue weighted by Crippen LogP contribution is -2.43. The fourth-order valence-electron chi connectivity index (χ4n) is 2.43. The molecule has 0 bridgehead atoms. The highest BCUT2D eigenvalue weighted by atomic mass is 16.5. The number of ether oxygens (including phenoxy) is 1. The predicted octanol–water partition coefficient (Wildman–Crippen LogP) is 1.73. The first kappa shape index (κ1) is 13.9. The molecule has 2 unspecified atom stereocenters. The number of likely N-dealkylation sites (N-methyl/N-ethyl adjacent to an activating group) is 1. The van der Waals surface area contributed by atoms with Crippen molar-refractivity contribution in [2.75, 3.05) is 39.4 Å². The molecule has 0 aromatic rings. The van der Waals surface area contributed by atoms with E-state index in [9.17, 15) is 0 Å². The van der Waals surface area contributed by atoms with E-state index in [1.165, 1.54) is 32.5 Å². The van der Waals surface area contributed by atoms with Crippen molar-refractivity contribution in [1.82, 2.24) is 10.2 Å². The molecule has 0 aromatic carbocycles. The Labute approximate surface area is 101 Å². The summed E-state index contributed by atoms with van der Waals surface area (Å²) >= 11 is 0. The van der Waals surface area contributed by atoms with Crippen LogP contribution in [0.2, 0.25) is 0 Å². The largest absolute Gasteiger partial charge is 0.380 e. The van der Waals surface area contributed by atoms with Gasteiger partial charge in [0.1, 0.15) is 0 Å². The minimum absolute atomic E-state index is 0.548. The maximum atomic E-state index is 5.51. The first-order chi connectivity index (χ1) is 7.77. The summed E-state index contributed by atoms with van der Waals surface area (Å²) in [6.07, 6.45) is 2.72. The van der Waals surface area contributed by atoms with E-state index in [-0.39, 0.29) is 0 Å². The molecule has 3 heteroatoms. The molecule has 1 fully saturated rings. The molecule has 0 spiro atoms. The summed E-state index contributed by atoms with van der Waals surface area (Å²) in [6, 6.07) is 0.548. The zero-order chi connectivity index (χ0) is 11.8. The van der Waals surface area contributed by atoms with E-state index in [1.54, 1.807) is 0 Å². The molecule has 16 heavy (non-hydrogen) atoms. The molecule has 1 N–H and O–H groups in total. The minimum Gasteiger partial charge on any atom is -0.380 e. The Balaban J connectivity index is 2.28. The van der Waals surface area contributed by atoms with Crippen LogP contribution in [-0.2, 0) is 4.74 Å². The SMILES string of the molecule is CCOCC(C)N(CC)CC1CCCNC1. The molecule has 3 nitrogen and oxygen atoms in total. The van der Waals surface area contributed by atoms with Crippen LogP contribution in [0, 0.1) is 5.92 Å². The fourth-order valence-corrected chi connectivity index (χ4v) is 2.43. The average Bonchev–Trinajstić information content (AvgIpc) is 2.34. The smallest absolute Gasteiger partial charge is 0.0618 e. The summed E-state index contributed by atoms with van der Waals surface area (Å²) in [5.74, 6) is 0.831. The lowest BCUT2D eigenvalue weighted by Gasteiger charge is -2.33. The van der Waals surface area contributed by atoms with Crippen molar-refractivity contribution >= 4 is 0 Å². The second-order valence-corrected chi connectivity index (χ2v) is 4.81. The van der Waals surface area contributed by atoms with Crippen LogP contribution < -0.4 is 5.32 Å². The Kier molecular flexibility index (Phi) is 7.01. The first-order valence-corrected chi connectivity index (χ1v) is 6.80. The van der Waals surface area contributed by atoms with Crippen LogP contribution in [0.4, 0.5) is 0 Å². The van der Waals surface area contributed by atoms with Crippen molar-refractivity contribution in [1.29, 1.82) is 0 Å². The molecule has 2 atom stereocenters. The Morgan fingerprint density at radius 1 is 1.44 bits per heavy atom. The van der Waals surface area contributed by atoms with Crippen LogP contribution in [-0.4, -0.2) is 50.3 Å². The third-order valence-electron chi connectivity index (χ3n) is 3.48. The van der Waals surface area contributed by atoms with E-state index in [1.807, 2.05) is 0 Å². The van der Waals surface area contributed by atoms with E-state index < -0.39 is 0 Å². The van der Waals surface area contributed by atoms with Crippen molar-refractivity contribution < 1.29 is 4.74 Å². The van der Waals surface area contributed by atoms with Crippen molar-refractivity contribution in [2.24, 2.45) is 5.92 Å². The van der Waals surface area contributed by atoms with Gasteiger partial charge in [0.05, 0.1) is 6.61 Å². The highest BCUT2D eigenvalue weighted by Crippen LogP contribution is 2.13. The second kappa shape index (κ2) is 8.04. The van der Waals surface area contributed by atoms with Gasteiger partial charge in [-0.25, -0.2) is 0 Å². The van der Waals surface area contributed by atoms with Crippen LogP contribution in [0.3, 0.4) is 0 Å². The van der Waals surface area contributed by atoms with Gasteiger partial charge in [0, 0.05) is 19.2 Å². The quantitative estimate of drug-likeness (QED) is 0.718. The van der Waals surface area contributed by atoms with Crippen molar-refractivity contribution in [2.45, 2.75) is 39.7 Å². The topological polar surface area (TPSA) is 24.5 Å². The third-order valence-corrected chi connectivity index (χ3v) is 3.48. The van der Waals surface area contributed by atoms with Crippen LogP contribution >= 0.6 is 0 Å². The van der Waals surface area contributed by atoms with Crippen LogP contribution in [0.25, 0.3) is 0 Å². The van der Waals surface area contributed by atoms with E-state index in [4.69, 9.17) is 4.74 Å². The summed E-state index contributed by atoms with van der Waals surface area (Å²) < 4.78 is 5.51. The Hall–Kier alpha value is -0.120. The molecule has 1 aliphatic heterocycles. The molecule has 1 saturated heterocycles. The summed E-state index contributed by atoms with van der Waals surface area (Å²) in [5.41, 5.74) is 0. The molecule has 96 valence electrons. The summed E-state index contributed by atoms with van der Waals surface area (Å²) in [4.78, 5) is 2.55. The molecule has 0 radical (unpaired) electrons. The van der Waals surface area contributed by atoms with Gasteiger partial charge >= 0.3 is 0 Å². The highest BCUT2D eigenvalue weighted by Gasteiger charge is 2.19. The van der Waals surface area contributed by atoms with Gasteiger partial charge < -0.3 is 10.1 Å². The summed E-state index contributed by atoms with van der Waals surface area (Å²) in [5, 5.41) is 3.49. The van der Waals surface area contributed by atoms with Gasteiger partial charge in [-0.15, -0.1) is 0 Å². The first-order valence-electron chi connectivity index (χ1n) is 6.80. The summed E-state index contributed by atoms with van der Waals surface area (Å²) in [6.45, 7) is 13.0.